The molecule has 0 saturated heterocycles. The van der Waals surface area contributed by atoms with Crippen molar-refractivity contribution in [1.82, 2.24) is 10.6 Å². The van der Waals surface area contributed by atoms with Crippen molar-refractivity contribution in [2.45, 2.75) is 19.5 Å². The Balaban J connectivity index is 1.49. The fourth-order valence-corrected chi connectivity index (χ4v) is 2.75. The second kappa shape index (κ2) is 9.41. The zero-order chi connectivity index (χ0) is 19.8. The highest BCUT2D eigenvalue weighted by Gasteiger charge is 2.10. The van der Waals surface area contributed by atoms with Crippen molar-refractivity contribution < 1.29 is 14.0 Å². The number of anilines is 1. The average Bonchev–Trinajstić information content (AvgIpc) is 3.25. The summed E-state index contributed by atoms with van der Waals surface area (Å²) in [7, 11) is 0. The second-order valence-electron chi connectivity index (χ2n) is 6.40. The molecule has 0 aliphatic rings. The maximum absolute atomic E-state index is 12.3. The van der Waals surface area contributed by atoms with E-state index in [1.165, 1.54) is 0 Å². The standard InChI is InChI=1S/C22H23N3O3/c1-16(17-7-3-2-4-8-17)25-21(26)15-23-19-10-5-9-18(13-19)22(27)24-14-20-11-6-12-28-20/h2-13,16,23H,14-15H2,1H3,(H,24,27)(H,25,26). The average molecular weight is 377 g/mol. The molecule has 0 radical (unpaired) electrons. The van der Waals surface area contributed by atoms with Gasteiger partial charge in [-0.25, -0.2) is 0 Å². The van der Waals surface area contributed by atoms with Crippen LogP contribution in [0.5, 0.6) is 0 Å². The van der Waals surface area contributed by atoms with Crippen LogP contribution in [0.4, 0.5) is 5.69 Å². The molecule has 1 unspecified atom stereocenters. The molecule has 0 spiro atoms. The second-order valence-corrected chi connectivity index (χ2v) is 6.40. The minimum absolute atomic E-state index is 0.0748. The fourth-order valence-electron chi connectivity index (χ4n) is 2.75. The minimum atomic E-state index is -0.206. The number of carbonyl (C=O) groups is 2. The van der Waals surface area contributed by atoms with Crippen LogP contribution < -0.4 is 16.0 Å². The van der Waals surface area contributed by atoms with E-state index in [4.69, 9.17) is 4.42 Å². The van der Waals surface area contributed by atoms with E-state index in [0.717, 1.165) is 5.56 Å². The lowest BCUT2D eigenvalue weighted by molar-refractivity contribution is -0.120. The van der Waals surface area contributed by atoms with E-state index in [1.807, 2.05) is 43.3 Å². The predicted octanol–water partition coefficient (Wildman–Crippen LogP) is 3.50. The molecule has 1 heterocycles. The molecule has 2 amide bonds. The first-order chi connectivity index (χ1) is 13.6. The van der Waals surface area contributed by atoms with E-state index in [1.54, 1.807) is 36.6 Å². The van der Waals surface area contributed by atoms with Crippen LogP contribution in [0.3, 0.4) is 0 Å². The summed E-state index contributed by atoms with van der Waals surface area (Å²) in [6.07, 6.45) is 1.57. The molecular weight excluding hydrogens is 354 g/mol. The number of furan rings is 1. The Morgan fingerprint density at radius 3 is 2.57 bits per heavy atom. The van der Waals surface area contributed by atoms with Gasteiger partial charge in [-0.15, -0.1) is 0 Å². The van der Waals surface area contributed by atoms with Gasteiger partial charge >= 0.3 is 0 Å². The van der Waals surface area contributed by atoms with Gasteiger partial charge in [0.05, 0.1) is 25.4 Å². The summed E-state index contributed by atoms with van der Waals surface area (Å²) in [5.74, 6) is 0.359. The minimum Gasteiger partial charge on any atom is -0.467 e. The maximum Gasteiger partial charge on any atom is 0.251 e. The monoisotopic (exact) mass is 377 g/mol. The van der Waals surface area contributed by atoms with Gasteiger partial charge in [0, 0.05) is 11.3 Å². The molecule has 0 aliphatic heterocycles. The van der Waals surface area contributed by atoms with E-state index >= 15 is 0 Å². The highest BCUT2D eigenvalue weighted by atomic mass is 16.3. The SMILES string of the molecule is CC(NC(=O)CNc1cccc(C(=O)NCc2ccco2)c1)c1ccccc1. The van der Waals surface area contributed by atoms with Crippen molar-refractivity contribution in [3.63, 3.8) is 0 Å². The first kappa shape index (κ1) is 19.2. The van der Waals surface area contributed by atoms with Gasteiger partial charge in [0.15, 0.2) is 0 Å². The van der Waals surface area contributed by atoms with Crippen molar-refractivity contribution in [2.75, 3.05) is 11.9 Å². The van der Waals surface area contributed by atoms with Crippen molar-refractivity contribution >= 4 is 17.5 Å². The number of carbonyl (C=O) groups excluding carboxylic acids is 2. The molecule has 6 nitrogen and oxygen atoms in total. The molecule has 3 rings (SSSR count). The Morgan fingerprint density at radius 2 is 1.82 bits per heavy atom. The number of hydrogen-bond acceptors (Lipinski definition) is 4. The van der Waals surface area contributed by atoms with Crippen molar-refractivity contribution in [1.29, 1.82) is 0 Å². The topological polar surface area (TPSA) is 83.4 Å². The smallest absolute Gasteiger partial charge is 0.251 e. The fraction of sp³-hybridized carbons (Fsp3) is 0.182. The molecule has 1 atom stereocenters. The van der Waals surface area contributed by atoms with Crippen LogP contribution in [0, 0.1) is 0 Å². The zero-order valence-corrected chi connectivity index (χ0v) is 15.6. The Labute approximate surface area is 164 Å². The van der Waals surface area contributed by atoms with Gasteiger partial charge in [-0.2, -0.15) is 0 Å². The lowest BCUT2D eigenvalue weighted by Gasteiger charge is -2.15. The molecular formula is C22H23N3O3. The largest absolute Gasteiger partial charge is 0.467 e. The van der Waals surface area contributed by atoms with Crippen molar-refractivity contribution in [3.8, 4) is 0 Å². The van der Waals surface area contributed by atoms with Crippen LogP contribution >= 0.6 is 0 Å². The first-order valence-corrected chi connectivity index (χ1v) is 9.10. The van der Waals surface area contributed by atoms with E-state index < -0.39 is 0 Å². The Kier molecular flexibility index (Phi) is 6.46. The third-order valence-electron chi connectivity index (χ3n) is 4.26. The lowest BCUT2D eigenvalue weighted by atomic mass is 10.1. The van der Waals surface area contributed by atoms with Gasteiger partial charge in [-0.3, -0.25) is 9.59 Å². The molecule has 0 fully saturated rings. The Morgan fingerprint density at radius 1 is 1.00 bits per heavy atom. The van der Waals surface area contributed by atoms with E-state index in [9.17, 15) is 9.59 Å². The summed E-state index contributed by atoms with van der Waals surface area (Å²) < 4.78 is 5.20. The number of benzene rings is 2. The third-order valence-corrected chi connectivity index (χ3v) is 4.26. The summed E-state index contributed by atoms with van der Waals surface area (Å²) >= 11 is 0. The molecule has 1 aromatic heterocycles. The van der Waals surface area contributed by atoms with Gasteiger partial charge in [0.25, 0.3) is 5.91 Å². The van der Waals surface area contributed by atoms with Crippen LogP contribution in [0.25, 0.3) is 0 Å². The van der Waals surface area contributed by atoms with E-state index in [2.05, 4.69) is 16.0 Å². The Hall–Kier alpha value is -3.54. The summed E-state index contributed by atoms with van der Waals surface area (Å²) in [6, 6.07) is 20.3. The normalized spacial score (nSPS) is 11.5. The summed E-state index contributed by atoms with van der Waals surface area (Å²) in [4.78, 5) is 24.5. The highest BCUT2D eigenvalue weighted by molar-refractivity contribution is 5.95. The molecule has 0 saturated carbocycles. The quantitative estimate of drug-likeness (QED) is 0.561. The van der Waals surface area contributed by atoms with Crippen LogP contribution in [-0.4, -0.2) is 18.4 Å². The van der Waals surface area contributed by atoms with Gasteiger partial charge in [-0.1, -0.05) is 36.4 Å². The summed E-state index contributed by atoms with van der Waals surface area (Å²) in [6.45, 7) is 2.38. The predicted molar refractivity (Wildman–Crippen MR) is 108 cm³/mol. The lowest BCUT2D eigenvalue weighted by Crippen LogP contribution is -2.32. The molecule has 3 N–H and O–H groups in total. The van der Waals surface area contributed by atoms with Gasteiger partial charge in [0.1, 0.15) is 5.76 Å². The molecule has 0 bridgehead atoms. The van der Waals surface area contributed by atoms with Crippen LogP contribution in [0.15, 0.2) is 77.4 Å². The number of amides is 2. The maximum atomic E-state index is 12.3. The Bertz CT molecular complexity index is 908. The van der Waals surface area contributed by atoms with Crippen LogP contribution in [0.1, 0.15) is 34.6 Å². The number of rotatable bonds is 8. The molecule has 144 valence electrons. The van der Waals surface area contributed by atoms with Gasteiger partial charge in [0.2, 0.25) is 5.91 Å². The van der Waals surface area contributed by atoms with Gasteiger partial charge in [-0.05, 0) is 42.8 Å². The molecule has 3 aromatic rings. The van der Waals surface area contributed by atoms with E-state index in [-0.39, 0.29) is 24.4 Å². The number of nitrogens with one attached hydrogen (secondary N) is 3. The molecule has 28 heavy (non-hydrogen) atoms. The van der Waals surface area contributed by atoms with Crippen molar-refractivity contribution in [3.05, 3.63) is 89.9 Å². The summed E-state index contributed by atoms with van der Waals surface area (Å²) in [5.41, 5.74) is 2.26. The van der Waals surface area contributed by atoms with Gasteiger partial charge < -0.3 is 20.4 Å². The summed E-state index contributed by atoms with van der Waals surface area (Å²) in [5, 5.41) is 8.80. The highest BCUT2D eigenvalue weighted by Crippen LogP contribution is 2.12. The zero-order valence-electron chi connectivity index (χ0n) is 15.6. The van der Waals surface area contributed by atoms with E-state index in [0.29, 0.717) is 23.6 Å². The molecule has 6 heteroatoms. The van der Waals surface area contributed by atoms with Crippen LogP contribution in [-0.2, 0) is 11.3 Å². The van der Waals surface area contributed by atoms with Crippen molar-refractivity contribution in [2.24, 2.45) is 0 Å². The third kappa shape index (κ3) is 5.48. The molecule has 0 aliphatic carbocycles. The molecule has 2 aromatic carbocycles. The number of hydrogen-bond donors (Lipinski definition) is 3. The first-order valence-electron chi connectivity index (χ1n) is 9.10. The van der Waals surface area contributed by atoms with Crippen LogP contribution in [0.2, 0.25) is 0 Å².